The second kappa shape index (κ2) is 7.87. The van der Waals surface area contributed by atoms with Crippen LogP contribution in [-0.2, 0) is 4.79 Å². The van der Waals surface area contributed by atoms with Gasteiger partial charge in [-0.25, -0.2) is 0 Å². The van der Waals surface area contributed by atoms with Gasteiger partial charge in [-0.2, -0.15) is 0 Å². The lowest BCUT2D eigenvalue weighted by Gasteiger charge is -2.45. The van der Waals surface area contributed by atoms with Gasteiger partial charge in [0.25, 0.3) is 0 Å². The molecule has 152 valence electrons. The molecule has 1 spiro atoms. The highest BCUT2D eigenvalue weighted by Gasteiger charge is 2.40. The third-order valence-corrected chi connectivity index (χ3v) is 5.96. The van der Waals surface area contributed by atoms with Crippen molar-refractivity contribution >= 4 is 11.6 Å². The van der Waals surface area contributed by atoms with Crippen LogP contribution in [0.3, 0.4) is 0 Å². The second-order valence-corrected chi connectivity index (χ2v) is 7.78. The summed E-state index contributed by atoms with van der Waals surface area (Å²) in [6.07, 6.45) is 2.18. The number of rotatable bonds is 3. The van der Waals surface area contributed by atoms with Crippen LogP contribution in [-0.4, -0.2) is 47.5 Å². The van der Waals surface area contributed by atoms with Gasteiger partial charge >= 0.3 is 0 Å². The maximum Gasteiger partial charge on any atom is 0.219 e. The molecule has 0 bridgehead atoms. The largest absolute Gasteiger partial charge is 0.508 e. The number of hydrogen-bond donors (Lipinski definition) is 2. The van der Waals surface area contributed by atoms with E-state index in [0.29, 0.717) is 19.5 Å². The topological polar surface area (TPSA) is 74.2 Å². The summed E-state index contributed by atoms with van der Waals surface area (Å²) >= 11 is 0. The number of benzene rings is 2. The number of carbonyl (C=O) groups is 1. The molecule has 4 rings (SSSR count). The predicted molar refractivity (Wildman–Crippen MR) is 112 cm³/mol. The van der Waals surface area contributed by atoms with Gasteiger partial charge in [0.15, 0.2) is 0 Å². The molecular formula is C23H27N3O3. The van der Waals surface area contributed by atoms with E-state index >= 15 is 0 Å². The summed E-state index contributed by atoms with van der Waals surface area (Å²) in [5.41, 5.74) is 2.51. The number of nitrogens with zero attached hydrogens (tertiary/aromatic N) is 2. The number of ether oxygens (including phenoxy) is 1. The average molecular weight is 393 g/mol. The van der Waals surface area contributed by atoms with Crippen LogP contribution in [0, 0.1) is 0 Å². The molecule has 6 heteroatoms. The van der Waals surface area contributed by atoms with E-state index in [1.54, 1.807) is 20.1 Å². The highest BCUT2D eigenvalue weighted by molar-refractivity contribution is 6.02. The number of piperidine rings is 1. The fourth-order valence-corrected chi connectivity index (χ4v) is 4.29. The lowest BCUT2D eigenvalue weighted by molar-refractivity contribution is -0.130. The Labute approximate surface area is 171 Å². The molecule has 1 saturated heterocycles. The predicted octanol–water partition coefficient (Wildman–Crippen LogP) is 3.26. The highest BCUT2D eigenvalue weighted by Crippen LogP contribution is 2.37. The molecule has 29 heavy (non-hydrogen) atoms. The summed E-state index contributed by atoms with van der Waals surface area (Å²) < 4.78 is 5.28. The van der Waals surface area contributed by atoms with Gasteiger partial charge in [-0.05, 0) is 35.9 Å². The summed E-state index contributed by atoms with van der Waals surface area (Å²) in [4.78, 5) is 18.8. The number of likely N-dealkylation sites (tertiary alicyclic amines) is 1. The minimum Gasteiger partial charge on any atom is -0.508 e. The van der Waals surface area contributed by atoms with Gasteiger partial charge in [0.05, 0.1) is 7.11 Å². The molecule has 2 N–H and O–H groups in total. The first-order valence-electron chi connectivity index (χ1n) is 10.0. The third-order valence-electron chi connectivity index (χ3n) is 5.96. The summed E-state index contributed by atoms with van der Waals surface area (Å²) in [6, 6.07) is 15.4. The Morgan fingerprint density at radius 3 is 2.48 bits per heavy atom. The van der Waals surface area contributed by atoms with E-state index in [1.165, 1.54) is 0 Å². The Morgan fingerprint density at radius 1 is 1.17 bits per heavy atom. The van der Waals surface area contributed by atoms with Gasteiger partial charge in [-0.1, -0.05) is 18.2 Å². The smallest absolute Gasteiger partial charge is 0.219 e. The van der Waals surface area contributed by atoms with Crippen molar-refractivity contribution in [2.75, 3.05) is 20.2 Å². The lowest BCUT2D eigenvalue weighted by Crippen LogP contribution is -2.56. The van der Waals surface area contributed by atoms with Crippen LogP contribution >= 0.6 is 0 Å². The van der Waals surface area contributed by atoms with E-state index in [1.807, 2.05) is 47.4 Å². The summed E-state index contributed by atoms with van der Waals surface area (Å²) in [5.74, 6) is 1.20. The minimum atomic E-state index is -0.438. The van der Waals surface area contributed by atoms with Crippen LogP contribution in [0.2, 0.25) is 0 Å². The number of aliphatic imine (C=N–C) groups is 1. The Kier molecular flexibility index (Phi) is 5.28. The van der Waals surface area contributed by atoms with E-state index in [4.69, 9.17) is 9.73 Å². The number of aromatic hydroxyl groups is 1. The Hall–Kier alpha value is -2.86. The van der Waals surface area contributed by atoms with Crippen molar-refractivity contribution in [1.82, 2.24) is 10.2 Å². The zero-order chi connectivity index (χ0) is 20.4. The number of phenols is 1. The van der Waals surface area contributed by atoms with Gasteiger partial charge in [0.2, 0.25) is 5.91 Å². The van der Waals surface area contributed by atoms with E-state index in [0.717, 1.165) is 35.4 Å². The molecule has 2 aromatic carbocycles. The fraction of sp³-hybridized carbons (Fsp3) is 0.391. The van der Waals surface area contributed by atoms with Crippen LogP contribution < -0.4 is 10.1 Å². The molecule has 0 aliphatic carbocycles. The maximum absolute atomic E-state index is 11.8. The number of methoxy groups -OCH3 is 1. The van der Waals surface area contributed by atoms with E-state index < -0.39 is 5.66 Å². The Morgan fingerprint density at radius 2 is 1.86 bits per heavy atom. The van der Waals surface area contributed by atoms with Crippen molar-refractivity contribution in [1.29, 1.82) is 0 Å². The maximum atomic E-state index is 11.8. The Bertz CT molecular complexity index is 915. The van der Waals surface area contributed by atoms with Crippen molar-refractivity contribution < 1.29 is 14.6 Å². The molecule has 1 fully saturated rings. The zero-order valence-electron chi connectivity index (χ0n) is 16.9. The second-order valence-electron chi connectivity index (χ2n) is 7.78. The molecule has 2 heterocycles. The lowest BCUT2D eigenvalue weighted by atomic mass is 9.87. The number of phenolic OH excluding ortho intramolecular Hbond substituents is 1. The first kappa shape index (κ1) is 19.5. The molecule has 2 aliphatic rings. The number of hydrogen-bond acceptors (Lipinski definition) is 5. The summed E-state index contributed by atoms with van der Waals surface area (Å²) in [5, 5.41) is 14.1. The van der Waals surface area contributed by atoms with Gasteiger partial charge in [-0.15, -0.1) is 0 Å². The number of nitrogens with one attached hydrogen (secondary N) is 1. The van der Waals surface area contributed by atoms with Crippen molar-refractivity contribution in [2.45, 2.75) is 37.9 Å². The fourth-order valence-electron chi connectivity index (χ4n) is 4.29. The number of carbonyl (C=O) groups excluding carboxylic acids is 1. The standard InChI is InChI=1S/C23H27N3O3/c1-16(27)26-13-11-23(12-14-26)24-20(17-7-9-18(29-2)10-8-17)15-21(25-23)19-5-3-4-6-22(19)28/h3-10,21,25,28H,11-15H2,1-2H3. The first-order valence-corrected chi connectivity index (χ1v) is 10.0. The molecule has 2 aromatic rings. The molecule has 1 atom stereocenters. The molecule has 6 nitrogen and oxygen atoms in total. The molecular weight excluding hydrogens is 366 g/mol. The average Bonchev–Trinajstić information content (AvgIpc) is 2.74. The normalized spacial score (nSPS) is 21.0. The van der Waals surface area contributed by atoms with Gasteiger partial charge < -0.3 is 14.7 Å². The number of amides is 1. The Balaban J connectivity index is 1.69. The van der Waals surface area contributed by atoms with E-state index in [2.05, 4.69) is 5.32 Å². The van der Waals surface area contributed by atoms with Crippen molar-refractivity contribution in [2.24, 2.45) is 4.99 Å². The van der Waals surface area contributed by atoms with Crippen molar-refractivity contribution in [3.05, 3.63) is 59.7 Å². The van der Waals surface area contributed by atoms with Gasteiger partial charge in [0.1, 0.15) is 17.2 Å². The summed E-state index contributed by atoms with van der Waals surface area (Å²) in [6.45, 7) is 2.97. The van der Waals surface area contributed by atoms with Gasteiger partial charge in [-0.3, -0.25) is 15.1 Å². The van der Waals surface area contributed by atoms with Gasteiger partial charge in [0, 0.05) is 56.6 Å². The van der Waals surface area contributed by atoms with E-state index in [9.17, 15) is 9.90 Å². The van der Waals surface area contributed by atoms with Crippen molar-refractivity contribution in [3.8, 4) is 11.5 Å². The van der Waals surface area contributed by atoms with Crippen LogP contribution in [0.4, 0.5) is 0 Å². The zero-order valence-corrected chi connectivity index (χ0v) is 16.9. The molecule has 0 saturated carbocycles. The van der Waals surface area contributed by atoms with Crippen LogP contribution in [0.15, 0.2) is 53.5 Å². The molecule has 1 unspecified atom stereocenters. The van der Waals surface area contributed by atoms with Crippen LogP contribution in [0.25, 0.3) is 0 Å². The monoisotopic (exact) mass is 393 g/mol. The number of para-hydroxylation sites is 1. The molecule has 0 radical (unpaired) electrons. The quantitative estimate of drug-likeness (QED) is 0.839. The molecule has 1 amide bonds. The summed E-state index contributed by atoms with van der Waals surface area (Å²) in [7, 11) is 1.66. The SMILES string of the molecule is COc1ccc(C2=NC3(CCN(C(C)=O)CC3)NC(c3ccccc3O)C2)cc1. The van der Waals surface area contributed by atoms with Crippen LogP contribution in [0.1, 0.15) is 43.4 Å². The third kappa shape index (κ3) is 3.98. The minimum absolute atomic E-state index is 0.0466. The van der Waals surface area contributed by atoms with Crippen LogP contribution in [0.5, 0.6) is 11.5 Å². The van der Waals surface area contributed by atoms with E-state index in [-0.39, 0.29) is 17.7 Å². The molecule has 2 aliphatic heterocycles. The first-order chi connectivity index (χ1) is 14.0. The van der Waals surface area contributed by atoms with Crippen molar-refractivity contribution in [3.63, 3.8) is 0 Å². The highest BCUT2D eigenvalue weighted by atomic mass is 16.5. The molecule has 0 aromatic heterocycles.